The zero-order valence-electron chi connectivity index (χ0n) is 14.1. The van der Waals surface area contributed by atoms with Crippen molar-refractivity contribution in [3.63, 3.8) is 0 Å². The second kappa shape index (κ2) is 9.77. The van der Waals surface area contributed by atoms with Gasteiger partial charge in [-0.2, -0.15) is 0 Å². The van der Waals surface area contributed by atoms with Crippen molar-refractivity contribution in [2.45, 2.75) is 15.8 Å². The first-order valence-electron chi connectivity index (χ1n) is 8.05. The van der Waals surface area contributed by atoms with Crippen LogP contribution in [0.4, 0.5) is 5.69 Å². The minimum Gasteiger partial charge on any atom is -0.325 e. The number of hydrogen-bond acceptors (Lipinski definition) is 5. The van der Waals surface area contributed by atoms with Gasteiger partial charge in [-0.1, -0.05) is 45.9 Å². The molecule has 2 aromatic carbocycles. The standard InChI is InChI=1S/C19H16BrN3O2S2/c20-13-6-8-14(9-7-13)21-18(25)12-27-19-22-15(10-17(24)23-19)11-26-16-4-2-1-3-5-16/h1-10H,11-12H2,(H,21,25)(H,22,23,24). The van der Waals surface area contributed by atoms with Crippen LogP contribution in [0.2, 0.25) is 0 Å². The van der Waals surface area contributed by atoms with E-state index in [-0.39, 0.29) is 17.2 Å². The number of nitrogens with one attached hydrogen (secondary N) is 2. The third kappa shape index (κ3) is 6.57. The van der Waals surface area contributed by atoms with E-state index in [9.17, 15) is 9.59 Å². The topological polar surface area (TPSA) is 74.8 Å². The lowest BCUT2D eigenvalue weighted by molar-refractivity contribution is -0.113. The van der Waals surface area contributed by atoms with Crippen LogP contribution in [-0.4, -0.2) is 21.6 Å². The quantitative estimate of drug-likeness (QED) is 0.398. The molecule has 1 heterocycles. The molecule has 138 valence electrons. The minimum absolute atomic E-state index is 0.158. The number of rotatable bonds is 7. The van der Waals surface area contributed by atoms with E-state index in [1.807, 2.05) is 54.6 Å². The van der Waals surface area contributed by atoms with Gasteiger partial charge in [0, 0.05) is 26.9 Å². The third-order valence-electron chi connectivity index (χ3n) is 3.37. The van der Waals surface area contributed by atoms with Crippen LogP contribution in [0.25, 0.3) is 0 Å². The summed E-state index contributed by atoms with van der Waals surface area (Å²) in [4.78, 5) is 32.2. The number of H-pyrrole nitrogens is 1. The molecule has 0 atom stereocenters. The number of carbonyl (C=O) groups is 1. The first-order valence-corrected chi connectivity index (χ1v) is 10.8. The lowest BCUT2D eigenvalue weighted by Gasteiger charge is -2.06. The molecule has 8 heteroatoms. The van der Waals surface area contributed by atoms with Gasteiger partial charge in [0.2, 0.25) is 5.91 Å². The molecule has 2 N–H and O–H groups in total. The van der Waals surface area contributed by atoms with E-state index in [0.29, 0.717) is 16.6 Å². The average molecular weight is 462 g/mol. The number of carbonyl (C=O) groups excluding carboxylic acids is 1. The van der Waals surface area contributed by atoms with Gasteiger partial charge < -0.3 is 10.3 Å². The number of halogens is 1. The summed E-state index contributed by atoms with van der Waals surface area (Å²) in [6, 6.07) is 18.8. The number of aromatic amines is 1. The maximum atomic E-state index is 12.1. The number of thioether (sulfide) groups is 2. The Morgan fingerprint density at radius 1 is 1.07 bits per heavy atom. The van der Waals surface area contributed by atoms with Crippen LogP contribution < -0.4 is 10.9 Å². The Balaban J connectivity index is 1.56. The van der Waals surface area contributed by atoms with Gasteiger partial charge >= 0.3 is 0 Å². The number of benzene rings is 2. The van der Waals surface area contributed by atoms with Crippen molar-refractivity contribution in [1.29, 1.82) is 0 Å². The molecule has 3 aromatic rings. The minimum atomic E-state index is -0.218. The molecule has 1 aromatic heterocycles. The normalized spacial score (nSPS) is 10.6. The second-order valence-electron chi connectivity index (χ2n) is 5.49. The first kappa shape index (κ1) is 19.7. The molecule has 3 rings (SSSR count). The van der Waals surface area contributed by atoms with Gasteiger partial charge in [0.05, 0.1) is 11.4 Å². The summed E-state index contributed by atoms with van der Waals surface area (Å²) in [5, 5.41) is 3.25. The van der Waals surface area contributed by atoms with Gasteiger partial charge in [-0.05, 0) is 36.4 Å². The molecular weight excluding hydrogens is 446 g/mol. The fraction of sp³-hybridized carbons (Fsp3) is 0.105. The van der Waals surface area contributed by atoms with Crippen molar-refractivity contribution in [3.05, 3.63) is 81.2 Å². The van der Waals surface area contributed by atoms with E-state index in [1.54, 1.807) is 11.8 Å². The van der Waals surface area contributed by atoms with E-state index in [2.05, 4.69) is 31.2 Å². The highest BCUT2D eigenvalue weighted by Crippen LogP contribution is 2.22. The van der Waals surface area contributed by atoms with Gasteiger partial charge in [0.15, 0.2) is 5.16 Å². The Labute approximate surface area is 173 Å². The highest BCUT2D eigenvalue weighted by atomic mass is 79.9. The van der Waals surface area contributed by atoms with Crippen LogP contribution in [0.3, 0.4) is 0 Å². The molecule has 0 saturated heterocycles. The van der Waals surface area contributed by atoms with Gasteiger partial charge in [0.1, 0.15) is 0 Å². The van der Waals surface area contributed by atoms with E-state index in [4.69, 9.17) is 0 Å². The lowest BCUT2D eigenvalue weighted by Crippen LogP contribution is -2.15. The molecule has 0 bridgehead atoms. The molecule has 0 unspecified atom stereocenters. The fourth-order valence-electron chi connectivity index (χ4n) is 2.16. The highest BCUT2D eigenvalue weighted by molar-refractivity contribution is 9.10. The summed E-state index contributed by atoms with van der Waals surface area (Å²) >= 11 is 6.17. The molecule has 5 nitrogen and oxygen atoms in total. The van der Waals surface area contributed by atoms with Crippen molar-refractivity contribution >= 4 is 51.0 Å². The summed E-state index contributed by atoms with van der Waals surface area (Å²) in [5.41, 5.74) is 1.19. The van der Waals surface area contributed by atoms with Gasteiger partial charge in [0.25, 0.3) is 5.56 Å². The van der Waals surface area contributed by atoms with Gasteiger partial charge in [-0.15, -0.1) is 11.8 Å². The van der Waals surface area contributed by atoms with Crippen molar-refractivity contribution < 1.29 is 4.79 Å². The summed E-state index contributed by atoms with van der Waals surface area (Å²) in [5.74, 6) is 0.593. The van der Waals surface area contributed by atoms with E-state index < -0.39 is 0 Å². The van der Waals surface area contributed by atoms with Crippen LogP contribution in [0, 0.1) is 0 Å². The number of hydrogen-bond donors (Lipinski definition) is 2. The Bertz CT molecular complexity index is 963. The Morgan fingerprint density at radius 2 is 1.81 bits per heavy atom. The Hall–Kier alpha value is -2.03. The van der Waals surface area contributed by atoms with E-state index in [0.717, 1.165) is 15.1 Å². The van der Waals surface area contributed by atoms with Crippen LogP contribution >= 0.6 is 39.5 Å². The molecule has 27 heavy (non-hydrogen) atoms. The number of nitrogens with zero attached hydrogens (tertiary/aromatic N) is 1. The van der Waals surface area contributed by atoms with Gasteiger partial charge in [-0.25, -0.2) is 4.98 Å². The number of aromatic nitrogens is 2. The Morgan fingerprint density at radius 3 is 2.56 bits per heavy atom. The molecule has 1 amide bonds. The number of anilines is 1. The smallest absolute Gasteiger partial charge is 0.251 e. The fourth-order valence-corrected chi connectivity index (χ4v) is 3.93. The summed E-state index contributed by atoms with van der Waals surface area (Å²) in [6.45, 7) is 0. The SMILES string of the molecule is O=C(CSc1nc(CSc2ccccc2)cc(=O)[nH]1)Nc1ccc(Br)cc1. The first-order chi connectivity index (χ1) is 13.1. The molecule has 0 aliphatic heterocycles. The monoisotopic (exact) mass is 461 g/mol. The summed E-state index contributed by atoms with van der Waals surface area (Å²) in [6.07, 6.45) is 0. The molecule has 0 radical (unpaired) electrons. The van der Waals surface area contributed by atoms with Crippen LogP contribution in [-0.2, 0) is 10.5 Å². The van der Waals surface area contributed by atoms with Crippen LogP contribution in [0.1, 0.15) is 5.69 Å². The van der Waals surface area contributed by atoms with Crippen molar-refractivity contribution in [1.82, 2.24) is 9.97 Å². The van der Waals surface area contributed by atoms with E-state index in [1.165, 1.54) is 17.8 Å². The molecule has 0 spiro atoms. The third-order valence-corrected chi connectivity index (χ3v) is 5.82. The largest absolute Gasteiger partial charge is 0.325 e. The Kier molecular flexibility index (Phi) is 7.14. The molecule has 0 saturated carbocycles. The molecule has 0 aliphatic rings. The number of amides is 1. The summed E-state index contributed by atoms with van der Waals surface area (Å²) in [7, 11) is 0. The van der Waals surface area contributed by atoms with Crippen molar-refractivity contribution in [2.75, 3.05) is 11.1 Å². The second-order valence-corrected chi connectivity index (χ2v) is 8.42. The van der Waals surface area contributed by atoms with Gasteiger partial charge in [-0.3, -0.25) is 9.59 Å². The predicted molar refractivity (Wildman–Crippen MR) is 114 cm³/mol. The zero-order valence-corrected chi connectivity index (χ0v) is 17.4. The summed E-state index contributed by atoms with van der Waals surface area (Å²) < 4.78 is 0.946. The molecule has 0 aliphatic carbocycles. The highest BCUT2D eigenvalue weighted by Gasteiger charge is 2.08. The maximum absolute atomic E-state index is 12.1. The van der Waals surface area contributed by atoms with E-state index >= 15 is 0 Å². The lowest BCUT2D eigenvalue weighted by atomic mass is 10.3. The average Bonchev–Trinajstić information content (AvgIpc) is 2.67. The maximum Gasteiger partial charge on any atom is 0.251 e. The molecular formula is C19H16BrN3O2S2. The van der Waals surface area contributed by atoms with Crippen LogP contribution in [0.5, 0.6) is 0 Å². The zero-order chi connectivity index (χ0) is 19.1. The van der Waals surface area contributed by atoms with Crippen molar-refractivity contribution in [3.8, 4) is 0 Å². The van der Waals surface area contributed by atoms with Crippen LogP contribution in [0.15, 0.2) is 80.0 Å². The van der Waals surface area contributed by atoms with Crippen molar-refractivity contribution in [2.24, 2.45) is 0 Å². The molecule has 0 fully saturated rings. The predicted octanol–water partition coefficient (Wildman–Crippen LogP) is 4.56.